The number of carboxylic acid groups (broad SMARTS) is 2. The summed E-state index contributed by atoms with van der Waals surface area (Å²) >= 11 is 0. The first-order valence-electron chi connectivity index (χ1n) is 4.84. The number of rotatable bonds is 2. The van der Waals surface area contributed by atoms with E-state index in [-0.39, 0.29) is 48.9 Å². The molecule has 0 N–H and O–H groups in total. The third kappa shape index (κ3) is 6.85. The Labute approximate surface area is 139 Å². The summed E-state index contributed by atoms with van der Waals surface area (Å²) < 4.78 is 0. The van der Waals surface area contributed by atoms with E-state index in [9.17, 15) is 19.8 Å². The molecule has 0 saturated carbocycles. The molecule has 92 valence electrons. The number of aromatic carboxylic acids is 2. The van der Waals surface area contributed by atoms with Crippen LogP contribution in [0.5, 0.6) is 0 Å². The number of aromatic nitrogens is 2. The minimum atomic E-state index is -1.17. The molecule has 7 heteroatoms. The van der Waals surface area contributed by atoms with Crippen molar-refractivity contribution in [3.05, 3.63) is 60.2 Å². The summed E-state index contributed by atoms with van der Waals surface area (Å²) in [5.74, 6) is -2.34. The number of pyridine rings is 2. The summed E-state index contributed by atoms with van der Waals surface area (Å²) in [7, 11) is 0. The SMILES string of the molecule is O=C([O-])c1ccncc1.O=C([O-])c1ccncc1.[Ca+2]. The third-order valence-electron chi connectivity index (χ3n) is 1.83. The minimum absolute atomic E-state index is 0. The van der Waals surface area contributed by atoms with Crippen molar-refractivity contribution in [2.75, 3.05) is 0 Å². The molecule has 0 unspecified atom stereocenters. The first-order chi connectivity index (χ1) is 8.61. The molecule has 0 spiro atoms. The molecular weight excluding hydrogens is 276 g/mol. The third-order valence-corrected chi connectivity index (χ3v) is 1.83. The van der Waals surface area contributed by atoms with Crippen molar-refractivity contribution in [3.63, 3.8) is 0 Å². The van der Waals surface area contributed by atoms with Crippen LogP contribution in [0.2, 0.25) is 0 Å². The van der Waals surface area contributed by atoms with Crippen molar-refractivity contribution in [1.82, 2.24) is 9.97 Å². The number of carbonyl (C=O) groups is 2. The van der Waals surface area contributed by atoms with Gasteiger partial charge in [-0.15, -0.1) is 0 Å². The number of carbonyl (C=O) groups excluding carboxylic acids is 2. The second-order valence-electron chi connectivity index (χ2n) is 3.05. The Bertz CT molecular complexity index is 470. The van der Waals surface area contributed by atoms with Gasteiger partial charge in [-0.25, -0.2) is 0 Å². The number of hydrogen-bond acceptors (Lipinski definition) is 6. The maximum absolute atomic E-state index is 10.1. The van der Waals surface area contributed by atoms with Gasteiger partial charge in [0.2, 0.25) is 0 Å². The molecule has 0 aromatic carbocycles. The molecule has 0 amide bonds. The van der Waals surface area contributed by atoms with Gasteiger partial charge in [-0.2, -0.15) is 0 Å². The maximum Gasteiger partial charge on any atom is 2.00 e. The molecule has 2 rings (SSSR count). The topological polar surface area (TPSA) is 106 Å². The van der Waals surface area contributed by atoms with Crippen molar-refractivity contribution >= 4 is 49.7 Å². The van der Waals surface area contributed by atoms with E-state index in [0.29, 0.717) is 0 Å². The fourth-order valence-electron chi connectivity index (χ4n) is 0.976. The molecule has 0 radical (unpaired) electrons. The van der Waals surface area contributed by atoms with Gasteiger partial charge in [-0.3, -0.25) is 9.97 Å². The van der Waals surface area contributed by atoms with Crippen LogP contribution in [-0.4, -0.2) is 59.6 Å². The molecule has 2 aromatic rings. The Balaban J connectivity index is 0.000000324. The van der Waals surface area contributed by atoms with Crippen LogP contribution in [0.4, 0.5) is 0 Å². The standard InChI is InChI=1S/2C6H5NO2.Ca/c2*8-6(9)5-1-3-7-4-2-5;/h2*1-4H,(H,8,9);/q;;+2/p-2. The van der Waals surface area contributed by atoms with E-state index in [0.717, 1.165) is 0 Å². The van der Waals surface area contributed by atoms with Gasteiger partial charge in [0.25, 0.3) is 0 Å². The van der Waals surface area contributed by atoms with Gasteiger partial charge in [0.1, 0.15) is 0 Å². The average Bonchev–Trinajstić information content (AvgIpc) is 2.41. The van der Waals surface area contributed by atoms with Crippen LogP contribution in [0.1, 0.15) is 20.7 Å². The van der Waals surface area contributed by atoms with E-state index in [2.05, 4.69) is 9.97 Å². The van der Waals surface area contributed by atoms with Gasteiger partial charge in [0.15, 0.2) is 0 Å². The summed E-state index contributed by atoms with van der Waals surface area (Å²) in [5, 5.41) is 20.1. The van der Waals surface area contributed by atoms with Gasteiger partial charge >= 0.3 is 37.7 Å². The van der Waals surface area contributed by atoms with E-state index in [1.54, 1.807) is 0 Å². The Kier molecular flexibility index (Phi) is 8.69. The quantitative estimate of drug-likeness (QED) is 0.622. The molecule has 2 aromatic heterocycles. The van der Waals surface area contributed by atoms with Crippen molar-refractivity contribution in [3.8, 4) is 0 Å². The van der Waals surface area contributed by atoms with E-state index < -0.39 is 11.9 Å². The number of hydrogen-bond donors (Lipinski definition) is 0. The Hall–Kier alpha value is -1.50. The van der Waals surface area contributed by atoms with E-state index in [1.165, 1.54) is 49.1 Å². The molecule has 2 heterocycles. The largest absolute Gasteiger partial charge is 2.00 e. The summed E-state index contributed by atoms with van der Waals surface area (Å²) in [5.41, 5.74) is 0.315. The summed E-state index contributed by atoms with van der Waals surface area (Å²) in [6, 6.07) is 5.54. The fourth-order valence-corrected chi connectivity index (χ4v) is 0.976. The zero-order chi connectivity index (χ0) is 13.4. The van der Waals surface area contributed by atoms with Crippen molar-refractivity contribution < 1.29 is 19.8 Å². The molecule has 0 aliphatic carbocycles. The number of carboxylic acids is 2. The molecule has 0 bridgehead atoms. The predicted molar refractivity (Wildman–Crippen MR) is 62.9 cm³/mol. The minimum Gasteiger partial charge on any atom is -0.545 e. The Morgan fingerprint density at radius 3 is 1.16 bits per heavy atom. The van der Waals surface area contributed by atoms with Crippen molar-refractivity contribution in [2.45, 2.75) is 0 Å². The van der Waals surface area contributed by atoms with E-state index >= 15 is 0 Å². The average molecular weight is 284 g/mol. The molecule has 0 aliphatic heterocycles. The zero-order valence-corrected chi connectivity index (χ0v) is 12.1. The molecule has 0 atom stereocenters. The second-order valence-corrected chi connectivity index (χ2v) is 3.05. The van der Waals surface area contributed by atoms with Crippen LogP contribution in [0.15, 0.2) is 49.1 Å². The fraction of sp³-hybridized carbons (Fsp3) is 0. The summed E-state index contributed by atoms with van der Waals surface area (Å²) in [6.45, 7) is 0. The van der Waals surface area contributed by atoms with Gasteiger partial charge in [-0.1, -0.05) is 0 Å². The first-order valence-corrected chi connectivity index (χ1v) is 4.84. The van der Waals surface area contributed by atoms with E-state index in [4.69, 9.17) is 0 Å². The molecule has 0 fully saturated rings. The van der Waals surface area contributed by atoms with Crippen LogP contribution >= 0.6 is 0 Å². The normalized spacial score (nSPS) is 8.42. The zero-order valence-electron chi connectivity index (χ0n) is 9.85. The smallest absolute Gasteiger partial charge is 0.545 e. The monoisotopic (exact) mass is 284 g/mol. The van der Waals surface area contributed by atoms with Crippen molar-refractivity contribution in [2.24, 2.45) is 0 Å². The predicted octanol–water partition coefficient (Wildman–Crippen LogP) is -1.49. The first kappa shape index (κ1) is 17.5. The van der Waals surface area contributed by atoms with Crippen LogP contribution in [0.3, 0.4) is 0 Å². The van der Waals surface area contributed by atoms with Crippen LogP contribution in [-0.2, 0) is 0 Å². The Morgan fingerprint density at radius 2 is 1.00 bits per heavy atom. The molecule has 19 heavy (non-hydrogen) atoms. The summed E-state index contributed by atoms with van der Waals surface area (Å²) in [6.07, 6.45) is 5.63. The molecule has 0 saturated heterocycles. The molecular formula is C12H8CaN2O4. The number of nitrogens with zero attached hydrogens (tertiary/aromatic N) is 2. The van der Waals surface area contributed by atoms with Gasteiger partial charge < -0.3 is 19.8 Å². The van der Waals surface area contributed by atoms with Crippen LogP contribution in [0.25, 0.3) is 0 Å². The maximum atomic E-state index is 10.1. The second kappa shape index (κ2) is 9.43. The van der Waals surface area contributed by atoms with E-state index in [1.807, 2.05) is 0 Å². The van der Waals surface area contributed by atoms with Gasteiger partial charge in [0.05, 0.1) is 11.9 Å². The van der Waals surface area contributed by atoms with Gasteiger partial charge in [-0.05, 0) is 24.3 Å². The molecule has 0 aliphatic rings. The van der Waals surface area contributed by atoms with Crippen molar-refractivity contribution in [1.29, 1.82) is 0 Å². The van der Waals surface area contributed by atoms with Gasteiger partial charge in [0, 0.05) is 35.9 Å². The summed E-state index contributed by atoms with van der Waals surface area (Å²) in [4.78, 5) is 27.4. The molecule has 6 nitrogen and oxygen atoms in total. The van der Waals surface area contributed by atoms with Crippen LogP contribution < -0.4 is 10.2 Å². The van der Waals surface area contributed by atoms with Crippen LogP contribution in [0, 0.1) is 0 Å². The Morgan fingerprint density at radius 1 is 0.737 bits per heavy atom.